The molecule has 96 valence electrons. The van der Waals surface area contributed by atoms with E-state index in [9.17, 15) is 4.39 Å². The molecule has 0 saturated carbocycles. The van der Waals surface area contributed by atoms with Crippen LogP contribution in [0.1, 0.15) is 16.7 Å². The van der Waals surface area contributed by atoms with Gasteiger partial charge < -0.3 is 0 Å². The predicted octanol–water partition coefficient (Wildman–Crippen LogP) is 3.24. The first-order valence-corrected chi connectivity index (χ1v) is 6.18. The van der Waals surface area contributed by atoms with Crippen LogP contribution < -0.4 is 0 Å². The number of nitrogens with zero attached hydrogens (tertiary/aromatic N) is 3. The molecular weight excluding hydrogens is 241 g/mol. The molecule has 0 bridgehead atoms. The number of hydrogen-bond acceptors (Lipinski definition) is 2. The molecule has 0 unspecified atom stereocenters. The molecule has 3 rings (SSSR count). The maximum Gasteiger partial charge on any atom is 0.123 e. The van der Waals surface area contributed by atoms with E-state index in [1.54, 1.807) is 12.1 Å². The normalized spacial score (nSPS) is 11.1. The van der Waals surface area contributed by atoms with Gasteiger partial charge >= 0.3 is 0 Å². The lowest BCUT2D eigenvalue weighted by Crippen LogP contribution is -2.02. The van der Waals surface area contributed by atoms with E-state index in [4.69, 9.17) is 0 Å². The van der Waals surface area contributed by atoms with Gasteiger partial charge in [-0.25, -0.2) is 9.07 Å². The van der Waals surface area contributed by atoms with Crippen molar-refractivity contribution in [1.82, 2.24) is 15.0 Å². The quantitative estimate of drug-likeness (QED) is 0.703. The Kier molecular flexibility index (Phi) is 2.78. The van der Waals surface area contributed by atoms with Gasteiger partial charge in [-0.3, -0.25) is 0 Å². The van der Waals surface area contributed by atoms with E-state index >= 15 is 0 Å². The van der Waals surface area contributed by atoms with E-state index in [-0.39, 0.29) is 5.82 Å². The van der Waals surface area contributed by atoms with Crippen molar-refractivity contribution in [3.05, 3.63) is 58.9 Å². The van der Waals surface area contributed by atoms with Crippen LogP contribution in [0.25, 0.3) is 11.0 Å². The van der Waals surface area contributed by atoms with E-state index in [1.165, 1.54) is 23.3 Å². The standard InChI is InChI=1S/C15H14FN3/c1-10-7-14-15(8-11(10)2)19(18-17-14)9-12-3-5-13(16)6-4-12/h3-8H,9H2,1-2H3. The van der Waals surface area contributed by atoms with Gasteiger partial charge in [0.1, 0.15) is 11.3 Å². The summed E-state index contributed by atoms with van der Waals surface area (Å²) < 4.78 is 14.7. The average Bonchev–Trinajstić information content (AvgIpc) is 2.76. The second-order valence-corrected chi connectivity index (χ2v) is 4.80. The number of hydrogen-bond donors (Lipinski definition) is 0. The Morgan fingerprint density at radius 1 is 1.05 bits per heavy atom. The minimum Gasteiger partial charge on any atom is -0.240 e. The molecule has 3 nitrogen and oxygen atoms in total. The summed E-state index contributed by atoms with van der Waals surface area (Å²) in [4.78, 5) is 0. The zero-order chi connectivity index (χ0) is 13.4. The maximum atomic E-state index is 12.9. The topological polar surface area (TPSA) is 30.7 Å². The van der Waals surface area contributed by atoms with Crippen molar-refractivity contribution in [2.24, 2.45) is 0 Å². The monoisotopic (exact) mass is 255 g/mol. The summed E-state index contributed by atoms with van der Waals surface area (Å²) in [6.45, 7) is 4.73. The van der Waals surface area contributed by atoms with Crippen molar-refractivity contribution in [1.29, 1.82) is 0 Å². The highest BCUT2D eigenvalue weighted by molar-refractivity contribution is 5.76. The van der Waals surface area contributed by atoms with Crippen LogP contribution in [0.4, 0.5) is 4.39 Å². The van der Waals surface area contributed by atoms with Crippen LogP contribution in [0.5, 0.6) is 0 Å². The van der Waals surface area contributed by atoms with Gasteiger partial charge in [0.2, 0.25) is 0 Å². The van der Waals surface area contributed by atoms with Crippen LogP contribution in [0.3, 0.4) is 0 Å². The molecule has 0 spiro atoms. The molecule has 4 heteroatoms. The van der Waals surface area contributed by atoms with Crippen molar-refractivity contribution in [2.45, 2.75) is 20.4 Å². The Bertz CT molecular complexity index is 729. The van der Waals surface area contributed by atoms with Gasteiger partial charge in [-0.2, -0.15) is 0 Å². The SMILES string of the molecule is Cc1cc2nnn(Cc3ccc(F)cc3)c2cc1C. The molecule has 1 heterocycles. The van der Waals surface area contributed by atoms with Gasteiger partial charge in [0.25, 0.3) is 0 Å². The highest BCUT2D eigenvalue weighted by Crippen LogP contribution is 2.18. The van der Waals surface area contributed by atoms with Crippen molar-refractivity contribution >= 4 is 11.0 Å². The Hall–Kier alpha value is -2.23. The molecule has 2 aromatic carbocycles. The molecule has 0 fully saturated rings. The minimum absolute atomic E-state index is 0.223. The fraction of sp³-hybridized carbons (Fsp3) is 0.200. The summed E-state index contributed by atoms with van der Waals surface area (Å²) in [5.74, 6) is -0.223. The molecule has 0 atom stereocenters. The summed E-state index contributed by atoms with van der Waals surface area (Å²) >= 11 is 0. The van der Waals surface area contributed by atoms with E-state index in [0.29, 0.717) is 6.54 Å². The number of halogens is 1. The highest BCUT2D eigenvalue weighted by atomic mass is 19.1. The third kappa shape index (κ3) is 2.21. The lowest BCUT2D eigenvalue weighted by atomic mass is 10.1. The number of aryl methyl sites for hydroxylation is 2. The van der Waals surface area contributed by atoms with Gasteiger partial charge in [0.15, 0.2) is 0 Å². The molecule has 0 amide bonds. The summed E-state index contributed by atoms with van der Waals surface area (Å²) in [6.07, 6.45) is 0. The molecule has 0 saturated heterocycles. The third-order valence-electron chi connectivity index (χ3n) is 3.37. The van der Waals surface area contributed by atoms with Crippen molar-refractivity contribution in [3.63, 3.8) is 0 Å². The second kappa shape index (κ2) is 4.46. The first-order chi connectivity index (χ1) is 9.13. The molecule has 0 aliphatic carbocycles. The molecule has 0 radical (unpaired) electrons. The lowest BCUT2D eigenvalue weighted by Gasteiger charge is -2.04. The predicted molar refractivity (Wildman–Crippen MR) is 72.5 cm³/mol. The summed E-state index contributed by atoms with van der Waals surface area (Å²) in [7, 11) is 0. The van der Waals surface area contributed by atoms with E-state index in [2.05, 4.69) is 30.2 Å². The number of benzene rings is 2. The van der Waals surface area contributed by atoms with Crippen LogP contribution in [0.2, 0.25) is 0 Å². The zero-order valence-corrected chi connectivity index (χ0v) is 10.9. The molecule has 0 aliphatic rings. The maximum absolute atomic E-state index is 12.9. The molecule has 19 heavy (non-hydrogen) atoms. The Balaban J connectivity index is 2.01. The number of fused-ring (bicyclic) bond motifs is 1. The van der Waals surface area contributed by atoms with Crippen molar-refractivity contribution in [2.75, 3.05) is 0 Å². The van der Waals surface area contributed by atoms with Crippen molar-refractivity contribution in [3.8, 4) is 0 Å². The molecule has 1 aromatic heterocycles. The van der Waals surface area contributed by atoms with Crippen LogP contribution in [-0.4, -0.2) is 15.0 Å². The molecular formula is C15H14FN3. The lowest BCUT2D eigenvalue weighted by molar-refractivity contribution is 0.624. The zero-order valence-electron chi connectivity index (χ0n) is 10.9. The first kappa shape index (κ1) is 11.8. The van der Waals surface area contributed by atoms with Gasteiger partial charge in [0, 0.05) is 0 Å². The average molecular weight is 255 g/mol. The largest absolute Gasteiger partial charge is 0.240 e. The van der Waals surface area contributed by atoms with Gasteiger partial charge in [-0.15, -0.1) is 5.10 Å². The molecule has 0 aliphatic heterocycles. The smallest absolute Gasteiger partial charge is 0.123 e. The Labute approximate surface area is 110 Å². The minimum atomic E-state index is -0.223. The van der Waals surface area contributed by atoms with Crippen LogP contribution in [0.15, 0.2) is 36.4 Å². The fourth-order valence-corrected chi connectivity index (χ4v) is 2.10. The fourth-order valence-electron chi connectivity index (χ4n) is 2.10. The number of aromatic nitrogens is 3. The van der Waals surface area contributed by atoms with Gasteiger partial charge in [-0.1, -0.05) is 17.3 Å². The van der Waals surface area contributed by atoms with E-state index in [1.807, 2.05) is 10.7 Å². The number of rotatable bonds is 2. The van der Waals surface area contributed by atoms with Crippen molar-refractivity contribution < 1.29 is 4.39 Å². The third-order valence-corrected chi connectivity index (χ3v) is 3.37. The summed E-state index contributed by atoms with van der Waals surface area (Å²) in [5.41, 5.74) is 5.33. The van der Waals surface area contributed by atoms with E-state index in [0.717, 1.165) is 16.6 Å². The molecule has 3 aromatic rings. The summed E-state index contributed by atoms with van der Waals surface area (Å²) in [6, 6.07) is 10.6. The van der Waals surface area contributed by atoms with Gasteiger partial charge in [-0.05, 0) is 54.8 Å². The first-order valence-electron chi connectivity index (χ1n) is 6.18. The summed E-state index contributed by atoms with van der Waals surface area (Å²) in [5, 5.41) is 8.34. The van der Waals surface area contributed by atoms with E-state index < -0.39 is 0 Å². The highest BCUT2D eigenvalue weighted by Gasteiger charge is 2.07. The Morgan fingerprint density at radius 2 is 1.74 bits per heavy atom. The van der Waals surface area contributed by atoms with Crippen LogP contribution in [0, 0.1) is 19.7 Å². The van der Waals surface area contributed by atoms with Crippen LogP contribution >= 0.6 is 0 Å². The van der Waals surface area contributed by atoms with Crippen LogP contribution in [-0.2, 0) is 6.54 Å². The second-order valence-electron chi connectivity index (χ2n) is 4.80. The Morgan fingerprint density at radius 3 is 2.47 bits per heavy atom. The van der Waals surface area contributed by atoms with Gasteiger partial charge in [0.05, 0.1) is 12.1 Å². The molecule has 0 N–H and O–H groups in total.